The second-order valence-corrected chi connectivity index (χ2v) is 6.25. The molecule has 0 bridgehead atoms. The molecule has 0 saturated heterocycles. The van der Waals surface area contributed by atoms with Crippen LogP contribution in [0.2, 0.25) is 0 Å². The number of nitrogens with one attached hydrogen (secondary N) is 3. The first-order valence-electron chi connectivity index (χ1n) is 9.40. The molecule has 1 aromatic heterocycles. The molecular formula is C21H28IN5O2. The Balaban J connectivity index is 0.00000300. The molecule has 0 amide bonds. The predicted molar refractivity (Wildman–Crippen MR) is 128 cm³/mol. The van der Waals surface area contributed by atoms with E-state index in [1.165, 1.54) is 0 Å². The van der Waals surface area contributed by atoms with Gasteiger partial charge >= 0.3 is 0 Å². The van der Waals surface area contributed by atoms with Crippen LogP contribution in [0.25, 0.3) is 11.0 Å². The van der Waals surface area contributed by atoms with Crippen LogP contribution in [0.15, 0.2) is 47.5 Å². The first-order chi connectivity index (χ1) is 13.7. The summed E-state index contributed by atoms with van der Waals surface area (Å²) < 4.78 is 10.7. The molecular weight excluding hydrogens is 481 g/mol. The number of hydrogen-bond donors (Lipinski definition) is 3. The van der Waals surface area contributed by atoms with Crippen LogP contribution in [0.1, 0.15) is 18.3 Å². The van der Waals surface area contributed by atoms with Crippen molar-refractivity contribution < 1.29 is 9.47 Å². The number of guanidine groups is 1. The van der Waals surface area contributed by atoms with E-state index in [1.807, 2.05) is 49.4 Å². The number of hydrogen-bond acceptors (Lipinski definition) is 4. The minimum atomic E-state index is 0. The highest BCUT2D eigenvalue weighted by atomic mass is 127. The van der Waals surface area contributed by atoms with E-state index >= 15 is 0 Å². The monoisotopic (exact) mass is 509 g/mol. The molecule has 0 spiro atoms. The van der Waals surface area contributed by atoms with E-state index in [0.717, 1.165) is 59.4 Å². The molecule has 0 unspecified atom stereocenters. The number of ether oxygens (including phenoxy) is 2. The highest BCUT2D eigenvalue weighted by molar-refractivity contribution is 14.0. The lowest BCUT2D eigenvalue weighted by atomic mass is 10.2. The van der Waals surface area contributed by atoms with Crippen LogP contribution >= 0.6 is 24.0 Å². The van der Waals surface area contributed by atoms with Gasteiger partial charge in [-0.05, 0) is 31.2 Å². The van der Waals surface area contributed by atoms with Gasteiger partial charge in [0.1, 0.15) is 17.3 Å². The third kappa shape index (κ3) is 6.25. The van der Waals surface area contributed by atoms with Crippen LogP contribution in [0.4, 0.5) is 0 Å². The maximum absolute atomic E-state index is 5.45. The van der Waals surface area contributed by atoms with E-state index in [9.17, 15) is 0 Å². The summed E-state index contributed by atoms with van der Waals surface area (Å²) >= 11 is 0. The van der Waals surface area contributed by atoms with Gasteiger partial charge in [0.15, 0.2) is 5.96 Å². The number of aliphatic imine (C=N–C) groups is 1. The highest BCUT2D eigenvalue weighted by Gasteiger charge is 2.06. The number of aromatic amines is 1. The van der Waals surface area contributed by atoms with Gasteiger partial charge < -0.3 is 25.1 Å². The van der Waals surface area contributed by atoms with Crippen molar-refractivity contribution in [3.8, 4) is 11.5 Å². The summed E-state index contributed by atoms with van der Waals surface area (Å²) in [5, 5.41) is 6.63. The van der Waals surface area contributed by atoms with Crippen molar-refractivity contribution in [2.45, 2.75) is 19.9 Å². The lowest BCUT2D eigenvalue weighted by Gasteiger charge is -2.12. The second kappa shape index (κ2) is 11.5. The molecule has 3 rings (SSSR count). The van der Waals surface area contributed by atoms with Gasteiger partial charge in [-0.3, -0.25) is 0 Å². The molecule has 0 saturated carbocycles. The quantitative estimate of drug-likeness (QED) is 0.246. The van der Waals surface area contributed by atoms with Gasteiger partial charge in [-0.25, -0.2) is 9.98 Å². The average molecular weight is 509 g/mol. The summed E-state index contributed by atoms with van der Waals surface area (Å²) in [5.41, 5.74) is 3.05. The number of rotatable bonds is 8. The average Bonchev–Trinajstić information content (AvgIpc) is 3.14. The predicted octanol–water partition coefficient (Wildman–Crippen LogP) is 3.50. The zero-order valence-corrected chi connectivity index (χ0v) is 19.3. The van der Waals surface area contributed by atoms with Crippen LogP contribution in [-0.4, -0.2) is 43.2 Å². The summed E-state index contributed by atoms with van der Waals surface area (Å²) in [7, 11) is 3.29. The number of methoxy groups -OCH3 is 2. The zero-order chi connectivity index (χ0) is 19.8. The number of benzene rings is 2. The van der Waals surface area contributed by atoms with Crippen molar-refractivity contribution >= 4 is 41.0 Å². The van der Waals surface area contributed by atoms with Crippen LogP contribution < -0.4 is 20.1 Å². The minimum Gasteiger partial charge on any atom is -0.497 e. The van der Waals surface area contributed by atoms with Crippen molar-refractivity contribution in [1.29, 1.82) is 0 Å². The Kier molecular flexibility index (Phi) is 9.04. The number of imidazole rings is 1. The maximum Gasteiger partial charge on any atom is 0.191 e. The lowest BCUT2D eigenvalue weighted by Crippen LogP contribution is -2.38. The van der Waals surface area contributed by atoms with Crippen molar-refractivity contribution in [3.63, 3.8) is 0 Å². The first kappa shape index (κ1) is 22.8. The summed E-state index contributed by atoms with van der Waals surface area (Å²) in [4.78, 5) is 12.6. The van der Waals surface area contributed by atoms with Gasteiger partial charge in [0, 0.05) is 31.1 Å². The van der Waals surface area contributed by atoms with E-state index in [4.69, 9.17) is 9.47 Å². The molecule has 0 aliphatic rings. The second-order valence-electron chi connectivity index (χ2n) is 6.25. The van der Waals surface area contributed by atoms with Gasteiger partial charge in [0.2, 0.25) is 0 Å². The number of H-pyrrole nitrogens is 1. The Hall–Kier alpha value is -2.49. The molecule has 29 heavy (non-hydrogen) atoms. The Labute approximate surface area is 188 Å². The molecule has 0 fully saturated rings. The van der Waals surface area contributed by atoms with Crippen LogP contribution in [0.5, 0.6) is 11.5 Å². The third-order valence-electron chi connectivity index (χ3n) is 4.34. The molecule has 8 heteroatoms. The Bertz CT molecular complexity index is 909. The summed E-state index contributed by atoms with van der Waals surface area (Å²) in [6, 6.07) is 13.8. The fourth-order valence-electron chi connectivity index (χ4n) is 2.91. The van der Waals surface area contributed by atoms with E-state index in [1.54, 1.807) is 14.2 Å². The van der Waals surface area contributed by atoms with Gasteiger partial charge in [0.05, 0.1) is 31.8 Å². The van der Waals surface area contributed by atoms with Gasteiger partial charge in [-0.2, -0.15) is 0 Å². The number of nitrogens with zero attached hydrogens (tertiary/aromatic N) is 2. The summed E-state index contributed by atoms with van der Waals surface area (Å²) in [6.45, 7) is 4.07. The molecule has 3 aromatic rings. The maximum atomic E-state index is 5.45. The number of aromatic nitrogens is 2. The van der Waals surface area contributed by atoms with E-state index in [2.05, 4.69) is 25.6 Å². The summed E-state index contributed by atoms with van der Waals surface area (Å²) in [5.74, 6) is 3.25. The molecule has 0 aliphatic heterocycles. The van der Waals surface area contributed by atoms with E-state index in [-0.39, 0.29) is 24.0 Å². The van der Waals surface area contributed by atoms with E-state index in [0.29, 0.717) is 6.54 Å². The van der Waals surface area contributed by atoms with Crippen LogP contribution in [0, 0.1) is 0 Å². The molecule has 0 aliphatic carbocycles. The van der Waals surface area contributed by atoms with Crippen molar-refractivity contribution in [2.24, 2.45) is 4.99 Å². The Morgan fingerprint density at radius 3 is 2.66 bits per heavy atom. The fraction of sp³-hybridized carbons (Fsp3) is 0.333. The topological polar surface area (TPSA) is 83.6 Å². The standard InChI is InChI=1S/C21H27N5O2.HI/c1-4-22-21(24-14-15-9-10-16(27-2)13-19(15)28-3)23-12-11-20-25-17-7-5-6-8-18(17)26-20;/h5-10,13H,4,11-12,14H2,1-3H3,(H,25,26)(H2,22,23,24);1H. The first-order valence-corrected chi connectivity index (χ1v) is 9.40. The van der Waals surface area contributed by atoms with Crippen molar-refractivity contribution in [2.75, 3.05) is 27.3 Å². The van der Waals surface area contributed by atoms with Crippen molar-refractivity contribution in [3.05, 3.63) is 53.9 Å². The van der Waals surface area contributed by atoms with Gasteiger partial charge in [-0.1, -0.05) is 12.1 Å². The smallest absolute Gasteiger partial charge is 0.191 e. The minimum absolute atomic E-state index is 0. The molecule has 1 heterocycles. The molecule has 3 N–H and O–H groups in total. The fourth-order valence-corrected chi connectivity index (χ4v) is 2.91. The molecule has 0 atom stereocenters. The molecule has 0 radical (unpaired) electrons. The molecule has 156 valence electrons. The largest absolute Gasteiger partial charge is 0.497 e. The van der Waals surface area contributed by atoms with Crippen LogP contribution in [-0.2, 0) is 13.0 Å². The normalized spacial score (nSPS) is 11.1. The Morgan fingerprint density at radius 1 is 1.10 bits per heavy atom. The molecule has 7 nitrogen and oxygen atoms in total. The number of para-hydroxylation sites is 2. The highest BCUT2D eigenvalue weighted by Crippen LogP contribution is 2.25. The van der Waals surface area contributed by atoms with Gasteiger partial charge in [0.25, 0.3) is 0 Å². The van der Waals surface area contributed by atoms with Gasteiger partial charge in [-0.15, -0.1) is 24.0 Å². The zero-order valence-electron chi connectivity index (χ0n) is 17.0. The third-order valence-corrected chi connectivity index (χ3v) is 4.34. The lowest BCUT2D eigenvalue weighted by molar-refractivity contribution is 0.391. The molecule has 2 aromatic carbocycles. The summed E-state index contributed by atoms with van der Waals surface area (Å²) in [6.07, 6.45) is 0.783. The Morgan fingerprint density at radius 2 is 1.93 bits per heavy atom. The number of fused-ring (bicyclic) bond motifs is 1. The van der Waals surface area contributed by atoms with E-state index < -0.39 is 0 Å². The number of halogens is 1. The van der Waals surface area contributed by atoms with Crippen molar-refractivity contribution in [1.82, 2.24) is 20.6 Å². The van der Waals surface area contributed by atoms with Crippen LogP contribution in [0.3, 0.4) is 0 Å². The SMILES string of the molecule is CCNC(=NCc1ccc(OC)cc1OC)NCCc1nc2ccccc2[nH]1.I.